The summed E-state index contributed by atoms with van der Waals surface area (Å²) in [6.07, 6.45) is 0.167. The maximum atomic E-state index is 11.8. The van der Waals surface area contributed by atoms with Gasteiger partial charge in [0.15, 0.2) is 0 Å². The maximum absolute atomic E-state index is 11.8. The zero-order chi connectivity index (χ0) is 12.6. The van der Waals surface area contributed by atoms with E-state index < -0.39 is 11.8 Å². The minimum absolute atomic E-state index is 0.109. The molecule has 1 saturated heterocycles. The van der Waals surface area contributed by atoms with Gasteiger partial charge in [0.2, 0.25) is 11.8 Å². The lowest BCUT2D eigenvalue weighted by Crippen LogP contribution is -2.29. The van der Waals surface area contributed by atoms with Crippen LogP contribution in [0.1, 0.15) is 6.42 Å². The molecule has 1 aliphatic heterocycles. The van der Waals surface area contributed by atoms with Crippen molar-refractivity contribution >= 4 is 45.8 Å². The normalized spacial score (nSPS) is 19.7. The van der Waals surface area contributed by atoms with Crippen molar-refractivity contribution < 1.29 is 9.59 Å². The van der Waals surface area contributed by atoms with Crippen molar-refractivity contribution in [1.29, 1.82) is 0 Å². The molecule has 1 aromatic rings. The molecule has 1 aromatic carbocycles. The fourth-order valence-corrected chi connectivity index (χ4v) is 2.36. The number of carbonyl (C=O) groups is 2. The van der Waals surface area contributed by atoms with Gasteiger partial charge in [-0.25, -0.2) is 0 Å². The second-order valence-electron chi connectivity index (χ2n) is 4.01. The molecule has 1 unspecified atom stereocenters. The Morgan fingerprint density at radius 3 is 2.76 bits per heavy atom. The highest BCUT2D eigenvalue weighted by atomic mass is 127. The third-order valence-electron chi connectivity index (χ3n) is 2.81. The number of carbonyl (C=O) groups excluding carboxylic acids is 2. The zero-order valence-corrected chi connectivity index (χ0v) is 11.2. The molecular formula is C11H12IN3O2. The first-order chi connectivity index (χ1) is 7.99. The number of benzene rings is 1. The lowest BCUT2D eigenvalue weighted by molar-refractivity contribution is -0.123. The Bertz CT molecular complexity index is 490. The SMILES string of the molecule is NC(=O)C1CC(=O)N(c2cc(I)ccc2N)C1. The Balaban J connectivity index is 2.32. The van der Waals surface area contributed by atoms with E-state index in [-0.39, 0.29) is 12.3 Å². The second kappa shape index (κ2) is 4.52. The fourth-order valence-electron chi connectivity index (χ4n) is 1.88. The second-order valence-corrected chi connectivity index (χ2v) is 5.26. The van der Waals surface area contributed by atoms with Crippen molar-refractivity contribution in [2.45, 2.75) is 6.42 Å². The summed E-state index contributed by atoms with van der Waals surface area (Å²) in [5.74, 6) is -0.965. The first-order valence-corrected chi connectivity index (χ1v) is 6.21. The number of primary amides is 1. The monoisotopic (exact) mass is 345 g/mol. The van der Waals surface area contributed by atoms with Gasteiger partial charge in [-0.05, 0) is 40.8 Å². The van der Waals surface area contributed by atoms with Crippen LogP contribution < -0.4 is 16.4 Å². The van der Waals surface area contributed by atoms with E-state index in [2.05, 4.69) is 22.6 Å². The van der Waals surface area contributed by atoms with Gasteiger partial charge in [0.1, 0.15) is 0 Å². The van der Waals surface area contributed by atoms with Gasteiger partial charge >= 0.3 is 0 Å². The number of rotatable bonds is 2. The molecule has 1 fully saturated rings. The molecule has 2 amide bonds. The standard InChI is InChI=1S/C11H12IN3O2/c12-7-1-2-8(13)9(4-7)15-5-6(11(14)17)3-10(15)16/h1-2,4,6H,3,5,13H2,(H2,14,17). The van der Waals surface area contributed by atoms with Crippen molar-refractivity contribution in [1.82, 2.24) is 0 Å². The number of nitrogens with zero attached hydrogens (tertiary/aromatic N) is 1. The summed E-state index contributed by atoms with van der Waals surface area (Å²) < 4.78 is 0.988. The zero-order valence-electron chi connectivity index (χ0n) is 9.02. The molecule has 1 heterocycles. The van der Waals surface area contributed by atoms with Crippen molar-refractivity contribution in [2.24, 2.45) is 11.7 Å². The van der Waals surface area contributed by atoms with Crippen LogP contribution in [0.4, 0.5) is 11.4 Å². The average molecular weight is 345 g/mol. The summed E-state index contributed by atoms with van der Waals surface area (Å²) >= 11 is 2.15. The molecule has 0 radical (unpaired) electrons. The molecule has 1 atom stereocenters. The van der Waals surface area contributed by atoms with Crippen molar-refractivity contribution in [3.63, 3.8) is 0 Å². The van der Waals surface area contributed by atoms with Gasteiger partial charge in [-0.1, -0.05) is 0 Å². The largest absolute Gasteiger partial charge is 0.397 e. The van der Waals surface area contributed by atoms with Crippen molar-refractivity contribution in [3.05, 3.63) is 21.8 Å². The van der Waals surface area contributed by atoms with Gasteiger partial charge in [-0.3, -0.25) is 9.59 Å². The quantitative estimate of drug-likeness (QED) is 0.611. The Labute approximate surface area is 112 Å². The van der Waals surface area contributed by atoms with Gasteiger partial charge < -0.3 is 16.4 Å². The molecule has 5 nitrogen and oxygen atoms in total. The van der Waals surface area contributed by atoms with E-state index >= 15 is 0 Å². The highest BCUT2D eigenvalue weighted by molar-refractivity contribution is 14.1. The number of anilines is 2. The number of hydrogen-bond donors (Lipinski definition) is 2. The highest BCUT2D eigenvalue weighted by Gasteiger charge is 2.34. The Morgan fingerprint density at radius 1 is 1.47 bits per heavy atom. The van der Waals surface area contributed by atoms with Crippen LogP contribution in [0.2, 0.25) is 0 Å². The molecule has 17 heavy (non-hydrogen) atoms. The summed E-state index contributed by atoms with van der Waals surface area (Å²) in [6.45, 7) is 0.318. The molecule has 0 aliphatic carbocycles. The summed E-state index contributed by atoms with van der Waals surface area (Å²) in [7, 11) is 0. The van der Waals surface area contributed by atoms with Gasteiger partial charge in [0.25, 0.3) is 0 Å². The van der Waals surface area contributed by atoms with Crippen LogP contribution in [-0.2, 0) is 9.59 Å². The molecule has 6 heteroatoms. The van der Waals surface area contributed by atoms with Crippen LogP contribution in [0.15, 0.2) is 18.2 Å². The molecule has 4 N–H and O–H groups in total. The smallest absolute Gasteiger partial charge is 0.227 e. The van der Waals surface area contributed by atoms with E-state index in [1.54, 1.807) is 6.07 Å². The van der Waals surface area contributed by atoms with E-state index in [1.807, 2.05) is 12.1 Å². The fraction of sp³-hybridized carbons (Fsp3) is 0.273. The van der Waals surface area contributed by atoms with E-state index in [1.165, 1.54) is 4.90 Å². The third kappa shape index (κ3) is 2.36. The summed E-state index contributed by atoms with van der Waals surface area (Å²) in [5.41, 5.74) is 12.2. The van der Waals surface area contributed by atoms with Crippen LogP contribution in [0.25, 0.3) is 0 Å². The van der Waals surface area contributed by atoms with Crippen LogP contribution in [0.3, 0.4) is 0 Å². The van der Waals surface area contributed by atoms with E-state index in [0.29, 0.717) is 17.9 Å². The first kappa shape index (κ1) is 12.2. The van der Waals surface area contributed by atoms with Crippen molar-refractivity contribution in [2.75, 3.05) is 17.2 Å². The Morgan fingerprint density at radius 2 is 2.18 bits per heavy atom. The number of hydrogen-bond acceptors (Lipinski definition) is 3. The molecular weight excluding hydrogens is 333 g/mol. The third-order valence-corrected chi connectivity index (χ3v) is 3.48. The molecule has 0 aromatic heterocycles. The van der Waals surface area contributed by atoms with Crippen LogP contribution in [0.5, 0.6) is 0 Å². The predicted octanol–water partition coefficient (Wildman–Crippen LogP) is 0.712. The summed E-state index contributed by atoms with van der Waals surface area (Å²) in [5, 5.41) is 0. The Hall–Kier alpha value is -1.31. The molecule has 0 saturated carbocycles. The van der Waals surface area contributed by atoms with Gasteiger partial charge in [0, 0.05) is 16.5 Å². The summed E-state index contributed by atoms with van der Waals surface area (Å²) in [4.78, 5) is 24.4. The maximum Gasteiger partial charge on any atom is 0.227 e. The van der Waals surface area contributed by atoms with Gasteiger partial charge in [-0.2, -0.15) is 0 Å². The molecule has 2 rings (SSSR count). The van der Waals surface area contributed by atoms with Gasteiger partial charge in [-0.15, -0.1) is 0 Å². The number of halogens is 1. The molecule has 0 spiro atoms. The minimum atomic E-state index is -0.440. The van der Waals surface area contributed by atoms with Gasteiger partial charge in [0.05, 0.1) is 17.3 Å². The van der Waals surface area contributed by atoms with Crippen LogP contribution >= 0.6 is 22.6 Å². The first-order valence-electron chi connectivity index (χ1n) is 5.13. The Kier molecular flexibility index (Phi) is 3.23. The lowest BCUT2D eigenvalue weighted by atomic mass is 10.1. The molecule has 1 aliphatic rings. The summed E-state index contributed by atoms with van der Waals surface area (Å²) in [6, 6.07) is 5.45. The highest BCUT2D eigenvalue weighted by Crippen LogP contribution is 2.30. The van der Waals surface area contributed by atoms with E-state index in [4.69, 9.17) is 11.5 Å². The molecule has 0 bridgehead atoms. The van der Waals surface area contributed by atoms with Crippen molar-refractivity contribution in [3.8, 4) is 0 Å². The lowest BCUT2D eigenvalue weighted by Gasteiger charge is -2.18. The molecule has 90 valence electrons. The number of amides is 2. The predicted molar refractivity (Wildman–Crippen MR) is 73.2 cm³/mol. The van der Waals surface area contributed by atoms with Crippen LogP contribution in [0, 0.1) is 9.49 Å². The minimum Gasteiger partial charge on any atom is -0.397 e. The average Bonchev–Trinajstić information content (AvgIpc) is 2.64. The number of nitrogens with two attached hydrogens (primary N) is 2. The number of nitrogen functional groups attached to an aromatic ring is 1. The van der Waals surface area contributed by atoms with E-state index in [9.17, 15) is 9.59 Å². The topological polar surface area (TPSA) is 89.4 Å². The van der Waals surface area contributed by atoms with Crippen LogP contribution in [-0.4, -0.2) is 18.4 Å². The van der Waals surface area contributed by atoms with E-state index in [0.717, 1.165) is 3.57 Å².